The second-order valence-electron chi connectivity index (χ2n) is 7.00. The van der Waals surface area contributed by atoms with Gasteiger partial charge in [0.05, 0.1) is 6.61 Å². The van der Waals surface area contributed by atoms with E-state index in [-0.39, 0.29) is 5.97 Å². The molecule has 0 aromatic carbocycles. The quantitative estimate of drug-likeness (QED) is 0.151. The van der Waals surface area contributed by atoms with Crippen LogP contribution in [0.5, 0.6) is 0 Å². The van der Waals surface area contributed by atoms with Crippen LogP contribution in [0.25, 0.3) is 0 Å². The van der Waals surface area contributed by atoms with E-state index < -0.39 is 0 Å². The first kappa shape index (κ1) is 23.8. The molecule has 3 heteroatoms. The molecule has 0 N–H and O–H groups in total. The molecule has 0 spiro atoms. The van der Waals surface area contributed by atoms with Crippen LogP contribution in [0.4, 0.5) is 0 Å². The van der Waals surface area contributed by atoms with Crippen molar-refractivity contribution < 1.29 is 9.53 Å². The molecule has 0 radical (unpaired) electrons. The largest absolute Gasteiger partial charge is 0.466 e. The highest BCUT2D eigenvalue weighted by Gasteiger charge is 2.01. The lowest BCUT2D eigenvalue weighted by atomic mass is 10.0. The van der Waals surface area contributed by atoms with Crippen molar-refractivity contribution in [1.29, 1.82) is 0 Å². The number of rotatable bonds is 19. The standard InChI is InChI=1S/C21H42O2S/c1-2-3-4-5-6-7-8-9-10-11-12-13-14-15-16-18-21(22)23-19-17-20-24/h24H,2-20H2,1H3. The number of carbonyl (C=O) groups excluding carboxylic acids is 1. The van der Waals surface area contributed by atoms with E-state index in [4.69, 9.17) is 4.74 Å². The maximum Gasteiger partial charge on any atom is 0.305 e. The Balaban J connectivity index is 3.06. The molecular weight excluding hydrogens is 316 g/mol. The Morgan fingerprint density at radius 3 is 1.50 bits per heavy atom. The molecule has 2 nitrogen and oxygen atoms in total. The predicted octanol–water partition coefficient (Wildman–Crippen LogP) is 7.11. The minimum Gasteiger partial charge on any atom is -0.466 e. The van der Waals surface area contributed by atoms with Crippen molar-refractivity contribution in [3.8, 4) is 0 Å². The molecule has 0 aromatic rings. The summed E-state index contributed by atoms with van der Waals surface area (Å²) in [5.74, 6) is 0.748. The van der Waals surface area contributed by atoms with E-state index in [1.165, 1.54) is 89.9 Å². The number of hydrogen-bond acceptors (Lipinski definition) is 3. The van der Waals surface area contributed by atoms with Gasteiger partial charge in [-0.2, -0.15) is 12.6 Å². The van der Waals surface area contributed by atoms with Gasteiger partial charge in [0.1, 0.15) is 0 Å². The van der Waals surface area contributed by atoms with Crippen LogP contribution in [0.3, 0.4) is 0 Å². The average Bonchev–Trinajstić information content (AvgIpc) is 2.58. The van der Waals surface area contributed by atoms with Crippen molar-refractivity contribution in [3.63, 3.8) is 0 Å². The van der Waals surface area contributed by atoms with E-state index >= 15 is 0 Å². The molecule has 0 amide bonds. The third-order valence-electron chi connectivity index (χ3n) is 4.55. The number of ether oxygens (including phenoxy) is 1. The zero-order valence-corrected chi connectivity index (χ0v) is 17.1. The molecule has 0 saturated carbocycles. The Labute approximate surface area is 156 Å². The second-order valence-corrected chi connectivity index (χ2v) is 7.44. The summed E-state index contributed by atoms with van der Waals surface area (Å²) < 4.78 is 5.11. The molecule has 0 rings (SSSR count). The topological polar surface area (TPSA) is 26.3 Å². The molecule has 144 valence electrons. The van der Waals surface area contributed by atoms with Gasteiger partial charge in [-0.25, -0.2) is 0 Å². The first-order valence-electron chi connectivity index (χ1n) is 10.6. The molecule has 0 aliphatic heterocycles. The molecule has 0 unspecified atom stereocenters. The van der Waals surface area contributed by atoms with Crippen molar-refractivity contribution in [2.24, 2.45) is 0 Å². The van der Waals surface area contributed by atoms with Crippen molar-refractivity contribution >= 4 is 18.6 Å². The van der Waals surface area contributed by atoms with Gasteiger partial charge in [-0.15, -0.1) is 0 Å². The van der Waals surface area contributed by atoms with Crippen molar-refractivity contribution in [2.45, 2.75) is 116 Å². The third kappa shape index (κ3) is 19.9. The predicted molar refractivity (Wildman–Crippen MR) is 109 cm³/mol. The van der Waals surface area contributed by atoms with E-state index in [9.17, 15) is 4.79 Å². The third-order valence-corrected chi connectivity index (χ3v) is 4.87. The fraction of sp³-hybridized carbons (Fsp3) is 0.952. The fourth-order valence-electron chi connectivity index (χ4n) is 2.96. The molecule has 24 heavy (non-hydrogen) atoms. The number of carbonyl (C=O) groups is 1. The summed E-state index contributed by atoms with van der Waals surface area (Å²) in [7, 11) is 0. The van der Waals surface area contributed by atoms with Crippen LogP contribution in [0.2, 0.25) is 0 Å². The molecule has 0 aliphatic carbocycles. The van der Waals surface area contributed by atoms with Gasteiger partial charge < -0.3 is 4.74 Å². The van der Waals surface area contributed by atoms with Crippen molar-refractivity contribution in [2.75, 3.05) is 12.4 Å². The molecule has 0 aromatic heterocycles. The van der Waals surface area contributed by atoms with E-state index in [0.717, 1.165) is 18.6 Å². The number of thiol groups is 1. The molecule has 0 fully saturated rings. The van der Waals surface area contributed by atoms with Crippen LogP contribution in [0, 0.1) is 0 Å². The summed E-state index contributed by atoms with van der Waals surface area (Å²) in [6.07, 6.45) is 21.7. The number of unbranched alkanes of at least 4 members (excludes halogenated alkanes) is 14. The Bertz CT molecular complexity index is 256. The Morgan fingerprint density at radius 1 is 0.667 bits per heavy atom. The lowest BCUT2D eigenvalue weighted by Gasteiger charge is -2.04. The summed E-state index contributed by atoms with van der Waals surface area (Å²) in [6.45, 7) is 2.81. The van der Waals surface area contributed by atoms with Gasteiger partial charge in [-0.3, -0.25) is 4.79 Å². The van der Waals surface area contributed by atoms with Gasteiger partial charge in [0.2, 0.25) is 0 Å². The highest BCUT2D eigenvalue weighted by Crippen LogP contribution is 2.13. The highest BCUT2D eigenvalue weighted by atomic mass is 32.1. The van der Waals surface area contributed by atoms with Crippen LogP contribution in [0.1, 0.15) is 116 Å². The van der Waals surface area contributed by atoms with Gasteiger partial charge in [-0.1, -0.05) is 96.8 Å². The minimum atomic E-state index is -0.0357. The van der Waals surface area contributed by atoms with E-state index in [2.05, 4.69) is 19.6 Å². The SMILES string of the molecule is CCCCCCCCCCCCCCCCCC(=O)OCCCS. The lowest BCUT2D eigenvalue weighted by molar-refractivity contribution is -0.143. The van der Waals surface area contributed by atoms with Gasteiger partial charge in [0, 0.05) is 6.42 Å². The maximum atomic E-state index is 11.4. The van der Waals surface area contributed by atoms with Crippen molar-refractivity contribution in [3.05, 3.63) is 0 Å². The van der Waals surface area contributed by atoms with Crippen LogP contribution in [-0.2, 0) is 9.53 Å². The van der Waals surface area contributed by atoms with Gasteiger partial charge in [-0.05, 0) is 18.6 Å². The summed E-state index contributed by atoms with van der Waals surface area (Å²) >= 11 is 4.10. The first-order chi connectivity index (χ1) is 11.8. The minimum absolute atomic E-state index is 0.0357. The Kier molecular flexibility index (Phi) is 20.7. The summed E-state index contributed by atoms with van der Waals surface area (Å²) in [5, 5.41) is 0. The van der Waals surface area contributed by atoms with Gasteiger partial charge >= 0.3 is 5.97 Å². The summed E-state index contributed by atoms with van der Waals surface area (Å²) in [4.78, 5) is 11.4. The van der Waals surface area contributed by atoms with Crippen molar-refractivity contribution in [1.82, 2.24) is 0 Å². The number of hydrogen-bond donors (Lipinski definition) is 1. The van der Waals surface area contributed by atoms with Crippen LogP contribution in [-0.4, -0.2) is 18.3 Å². The first-order valence-corrected chi connectivity index (χ1v) is 11.2. The van der Waals surface area contributed by atoms with Gasteiger partial charge in [0.15, 0.2) is 0 Å². The Morgan fingerprint density at radius 2 is 1.08 bits per heavy atom. The molecule has 0 atom stereocenters. The summed E-state index contributed by atoms with van der Waals surface area (Å²) in [6, 6.07) is 0. The van der Waals surface area contributed by atoms with Crippen LogP contribution in [0.15, 0.2) is 0 Å². The van der Waals surface area contributed by atoms with Crippen LogP contribution < -0.4 is 0 Å². The van der Waals surface area contributed by atoms with Crippen LogP contribution >= 0.6 is 12.6 Å². The smallest absolute Gasteiger partial charge is 0.305 e. The van der Waals surface area contributed by atoms with E-state index in [0.29, 0.717) is 13.0 Å². The molecule has 0 bridgehead atoms. The molecular formula is C21H42O2S. The highest BCUT2D eigenvalue weighted by molar-refractivity contribution is 7.80. The van der Waals surface area contributed by atoms with E-state index in [1.807, 2.05) is 0 Å². The molecule has 0 heterocycles. The van der Waals surface area contributed by atoms with Gasteiger partial charge in [0.25, 0.3) is 0 Å². The molecule has 0 saturated heterocycles. The summed E-state index contributed by atoms with van der Waals surface area (Å²) in [5.41, 5.74) is 0. The number of esters is 1. The van der Waals surface area contributed by atoms with E-state index in [1.54, 1.807) is 0 Å². The monoisotopic (exact) mass is 358 g/mol. The zero-order chi connectivity index (χ0) is 17.7. The lowest BCUT2D eigenvalue weighted by Crippen LogP contribution is -2.05. The Hall–Kier alpha value is -0.180. The average molecular weight is 359 g/mol. The zero-order valence-electron chi connectivity index (χ0n) is 16.2. The second kappa shape index (κ2) is 20.9. The fourth-order valence-corrected chi connectivity index (χ4v) is 3.09. The maximum absolute atomic E-state index is 11.4. The molecule has 0 aliphatic rings. The normalized spacial score (nSPS) is 10.9.